The van der Waals surface area contributed by atoms with E-state index in [-0.39, 0.29) is 17.9 Å². The molecule has 1 atom stereocenters. The van der Waals surface area contributed by atoms with Crippen LogP contribution in [-0.4, -0.2) is 23.6 Å². The van der Waals surface area contributed by atoms with Crippen LogP contribution in [0.4, 0.5) is 0 Å². The molecule has 5 nitrogen and oxygen atoms in total. The molecule has 3 N–H and O–H groups in total. The number of halogens is 1. The highest BCUT2D eigenvalue weighted by molar-refractivity contribution is 9.10. The Morgan fingerprint density at radius 1 is 1.53 bits per heavy atom. The number of hydrogen-bond acceptors (Lipinski definition) is 3. The Bertz CT molecular complexity index is 447. The molecule has 0 aliphatic heterocycles. The summed E-state index contributed by atoms with van der Waals surface area (Å²) in [6.45, 7) is 1.67. The zero-order valence-corrected chi connectivity index (χ0v) is 10.7. The highest BCUT2D eigenvalue weighted by Crippen LogP contribution is 2.23. The number of nitrogens with two attached hydrogens (primary N) is 1. The maximum absolute atomic E-state index is 11.0. The smallest absolute Gasteiger partial charge is 0.339 e. The summed E-state index contributed by atoms with van der Waals surface area (Å²) in [6.07, 6.45) is 0. The van der Waals surface area contributed by atoms with Gasteiger partial charge in [0.05, 0.1) is 12.5 Å². The van der Waals surface area contributed by atoms with Crippen molar-refractivity contribution in [1.82, 2.24) is 0 Å². The van der Waals surface area contributed by atoms with Crippen LogP contribution in [0.1, 0.15) is 17.3 Å². The van der Waals surface area contributed by atoms with Gasteiger partial charge in [0.1, 0.15) is 11.3 Å². The standard InChI is InChI=1S/C11H12BrNO4/c1-6(10(13)14)5-17-9-3-2-7(12)4-8(9)11(15)16/h2-4,6H,5H2,1H3,(H2,13,14)(H,15,16). The molecule has 1 unspecified atom stereocenters. The third-order valence-electron chi connectivity index (χ3n) is 2.15. The first-order chi connectivity index (χ1) is 7.91. The van der Waals surface area contributed by atoms with E-state index in [4.69, 9.17) is 15.6 Å². The van der Waals surface area contributed by atoms with Gasteiger partial charge in [0.2, 0.25) is 5.91 Å². The van der Waals surface area contributed by atoms with Gasteiger partial charge in [-0.1, -0.05) is 22.9 Å². The molecule has 0 fully saturated rings. The molecule has 1 aromatic carbocycles. The molecule has 0 saturated carbocycles. The number of carbonyl (C=O) groups is 2. The Morgan fingerprint density at radius 3 is 2.71 bits per heavy atom. The second kappa shape index (κ2) is 5.67. The highest BCUT2D eigenvalue weighted by Gasteiger charge is 2.14. The predicted molar refractivity (Wildman–Crippen MR) is 65.0 cm³/mol. The lowest BCUT2D eigenvalue weighted by molar-refractivity contribution is -0.122. The van der Waals surface area contributed by atoms with Gasteiger partial charge in [-0.05, 0) is 18.2 Å². The van der Waals surface area contributed by atoms with Crippen molar-refractivity contribution in [2.45, 2.75) is 6.92 Å². The van der Waals surface area contributed by atoms with Gasteiger partial charge in [0, 0.05) is 4.47 Å². The largest absolute Gasteiger partial charge is 0.492 e. The maximum atomic E-state index is 11.0. The predicted octanol–water partition coefficient (Wildman–Crippen LogP) is 1.65. The molecule has 0 aliphatic carbocycles. The van der Waals surface area contributed by atoms with Crippen LogP contribution in [0.25, 0.3) is 0 Å². The number of ether oxygens (including phenoxy) is 1. The fraction of sp³-hybridized carbons (Fsp3) is 0.273. The van der Waals surface area contributed by atoms with E-state index >= 15 is 0 Å². The van der Waals surface area contributed by atoms with Crippen LogP contribution in [0.2, 0.25) is 0 Å². The number of benzene rings is 1. The van der Waals surface area contributed by atoms with Crippen LogP contribution in [0.3, 0.4) is 0 Å². The van der Waals surface area contributed by atoms with Gasteiger partial charge in [-0.3, -0.25) is 4.79 Å². The van der Waals surface area contributed by atoms with Crippen LogP contribution in [0, 0.1) is 5.92 Å². The van der Waals surface area contributed by atoms with Gasteiger partial charge in [-0.25, -0.2) is 4.79 Å². The molecule has 1 aromatic rings. The number of hydrogen-bond donors (Lipinski definition) is 2. The Kier molecular flexibility index (Phi) is 4.51. The Hall–Kier alpha value is -1.56. The van der Waals surface area contributed by atoms with Gasteiger partial charge in [-0.2, -0.15) is 0 Å². The van der Waals surface area contributed by atoms with E-state index in [1.54, 1.807) is 13.0 Å². The van der Waals surface area contributed by atoms with Crippen molar-refractivity contribution in [1.29, 1.82) is 0 Å². The second-order valence-corrected chi connectivity index (χ2v) is 4.48. The van der Waals surface area contributed by atoms with Gasteiger partial charge < -0.3 is 15.6 Å². The highest BCUT2D eigenvalue weighted by atomic mass is 79.9. The normalized spacial score (nSPS) is 11.9. The zero-order chi connectivity index (χ0) is 13.0. The maximum Gasteiger partial charge on any atom is 0.339 e. The number of carbonyl (C=O) groups excluding carboxylic acids is 1. The summed E-state index contributed by atoms with van der Waals surface area (Å²) < 4.78 is 5.92. The first-order valence-electron chi connectivity index (χ1n) is 4.86. The first kappa shape index (κ1) is 13.5. The van der Waals surface area contributed by atoms with Crippen molar-refractivity contribution < 1.29 is 19.4 Å². The average Bonchev–Trinajstić information content (AvgIpc) is 2.26. The minimum absolute atomic E-state index is 0.0380. The third-order valence-corrected chi connectivity index (χ3v) is 2.64. The van der Waals surface area contributed by atoms with Crippen LogP contribution >= 0.6 is 15.9 Å². The van der Waals surface area contributed by atoms with Gasteiger partial charge >= 0.3 is 5.97 Å². The number of carboxylic acid groups (broad SMARTS) is 1. The molecule has 17 heavy (non-hydrogen) atoms. The molecule has 1 rings (SSSR count). The van der Waals surface area contributed by atoms with E-state index in [0.717, 1.165) is 0 Å². The lowest BCUT2D eigenvalue weighted by atomic mass is 10.2. The monoisotopic (exact) mass is 301 g/mol. The molecule has 92 valence electrons. The number of amides is 1. The summed E-state index contributed by atoms with van der Waals surface area (Å²) in [5.41, 5.74) is 5.12. The summed E-state index contributed by atoms with van der Waals surface area (Å²) >= 11 is 3.17. The van der Waals surface area contributed by atoms with Crippen molar-refractivity contribution in [3.05, 3.63) is 28.2 Å². The lowest BCUT2D eigenvalue weighted by Gasteiger charge is -2.12. The summed E-state index contributed by atoms with van der Waals surface area (Å²) in [5.74, 6) is -1.83. The fourth-order valence-corrected chi connectivity index (χ4v) is 1.45. The minimum Gasteiger partial charge on any atom is -0.492 e. The molecular formula is C11H12BrNO4. The average molecular weight is 302 g/mol. The molecule has 0 radical (unpaired) electrons. The third kappa shape index (κ3) is 3.74. The Labute approximate surface area is 107 Å². The minimum atomic E-state index is -1.09. The number of primary amides is 1. The number of carboxylic acids is 1. The molecule has 0 bridgehead atoms. The van der Waals surface area contributed by atoms with Crippen molar-refractivity contribution in [3.63, 3.8) is 0 Å². The molecule has 0 saturated heterocycles. The zero-order valence-electron chi connectivity index (χ0n) is 9.14. The van der Waals surface area contributed by atoms with Crippen LogP contribution < -0.4 is 10.5 Å². The Balaban J connectivity index is 2.84. The van der Waals surface area contributed by atoms with Crippen molar-refractivity contribution in [2.75, 3.05) is 6.61 Å². The van der Waals surface area contributed by atoms with Crippen LogP contribution in [-0.2, 0) is 4.79 Å². The molecule has 6 heteroatoms. The summed E-state index contributed by atoms with van der Waals surface area (Å²) in [7, 11) is 0. The molecule has 0 spiro atoms. The van der Waals surface area contributed by atoms with E-state index < -0.39 is 17.8 Å². The SMILES string of the molecule is CC(COc1ccc(Br)cc1C(=O)O)C(N)=O. The lowest BCUT2D eigenvalue weighted by Crippen LogP contribution is -2.26. The van der Waals surface area contributed by atoms with E-state index in [0.29, 0.717) is 4.47 Å². The van der Waals surface area contributed by atoms with E-state index in [2.05, 4.69) is 15.9 Å². The van der Waals surface area contributed by atoms with Crippen LogP contribution in [0.5, 0.6) is 5.75 Å². The van der Waals surface area contributed by atoms with Crippen molar-refractivity contribution in [2.24, 2.45) is 11.7 Å². The Morgan fingerprint density at radius 2 is 2.18 bits per heavy atom. The van der Waals surface area contributed by atoms with Crippen molar-refractivity contribution in [3.8, 4) is 5.75 Å². The number of rotatable bonds is 5. The molecule has 0 aliphatic rings. The van der Waals surface area contributed by atoms with Crippen molar-refractivity contribution >= 4 is 27.8 Å². The van der Waals surface area contributed by atoms with Gasteiger partial charge in [-0.15, -0.1) is 0 Å². The fourth-order valence-electron chi connectivity index (χ4n) is 1.09. The van der Waals surface area contributed by atoms with E-state index in [1.807, 2.05) is 0 Å². The molecule has 0 heterocycles. The molecule has 0 aromatic heterocycles. The molecule has 1 amide bonds. The summed E-state index contributed by atoms with van der Waals surface area (Å²) in [4.78, 5) is 21.8. The van der Waals surface area contributed by atoms with Crippen LogP contribution in [0.15, 0.2) is 22.7 Å². The topological polar surface area (TPSA) is 89.6 Å². The number of aromatic carboxylic acids is 1. The quantitative estimate of drug-likeness (QED) is 0.865. The summed E-state index contributed by atoms with van der Waals surface area (Å²) in [5, 5.41) is 8.97. The molecular weight excluding hydrogens is 290 g/mol. The van der Waals surface area contributed by atoms with E-state index in [1.165, 1.54) is 12.1 Å². The summed E-state index contributed by atoms with van der Waals surface area (Å²) in [6, 6.07) is 4.63. The van der Waals surface area contributed by atoms with Gasteiger partial charge in [0.15, 0.2) is 0 Å². The first-order valence-corrected chi connectivity index (χ1v) is 5.66. The van der Waals surface area contributed by atoms with Gasteiger partial charge in [0.25, 0.3) is 0 Å². The van der Waals surface area contributed by atoms with E-state index in [9.17, 15) is 9.59 Å². The second-order valence-electron chi connectivity index (χ2n) is 3.56.